The molecule has 106 valence electrons. The van der Waals surface area contributed by atoms with Gasteiger partial charge in [-0.2, -0.15) is 0 Å². The lowest BCUT2D eigenvalue weighted by molar-refractivity contribution is 0.476. The van der Waals surface area contributed by atoms with Crippen LogP contribution in [0, 0.1) is 12.7 Å². The zero-order valence-corrected chi connectivity index (χ0v) is 12.7. The van der Waals surface area contributed by atoms with Crippen LogP contribution in [0.4, 0.5) is 4.39 Å². The van der Waals surface area contributed by atoms with E-state index in [2.05, 4.69) is 12.2 Å². The monoisotopic (exact) mass is 290 g/mol. The zero-order chi connectivity index (χ0) is 14.1. The van der Waals surface area contributed by atoms with Gasteiger partial charge in [0.15, 0.2) is 0 Å². The predicted octanol–water partition coefficient (Wildman–Crippen LogP) is 4.24. The fourth-order valence-corrected chi connectivity index (χ4v) is 4.03. The highest BCUT2D eigenvalue weighted by Crippen LogP contribution is 2.38. The average Bonchev–Trinajstić information content (AvgIpc) is 2.87. The molecule has 0 saturated carbocycles. The number of rotatable bonds is 3. The molecule has 1 heterocycles. The number of aromatic nitrogens is 1. The van der Waals surface area contributed by atoms with Crippen LogP contribution in [0.25, 0.3) is 10.6 Å². The normalized spacial score (nSPS) is 18.1. The van der Waals surface area contributed by atoms with Crippen molar-refractivity contribution in [2.24, 2.45) is 0 Å². The molecule has 0 radical (unpaired) electrons. The standard InChI is InChI=1S/C16H19FN2S/c1-3-18-12-8-5-9-13-15(12)20-16(19-13)11-7-4-6-10(2)14(11)17/h4,6-7,12,18H,3,5,8-9H2,1-2H3. The van der Waals surface area contributed by atoms with Crippen LogP contribution < -0.4 is 5.32 Å². The molecule has 2 aromatic rings. The van der Waals surface area contributed by atoms with Gasteiger partial charge in [0.1, 0.15) is 10.8 Å². The molecule has 1 aromatic heterocycles. The Kier molecular flexibility index (Phi) is 3.85. The molecule has 1 aliphatic rings. The van der Waals surface area contributed by atoms with E-state index in [-0.39, 0.29) is 5.82 Å². The van der Waals surface area contributed by atoms with Crippen molar-refractivity contribution in [3.63, 3.8) is 0 Å². The maximum absolute atomic E-state index is 14.2. The van der Waals surface area contributed by atoms with E-state index in [4.69, 9.17) is 4.98 Å². The van der Waals surface area contributed by atoms with Crippen molar-refractivity contribution >= 4 is 11.3 Å². The Morgan fingerprint density at radius 2 is 2.30 bits per heavy atom. The van der Waals surface area contributed by atoms with Crippen LogP contribution in [0.3, 0.4) is 0 Å². The molecule has 3 rings (SSSR count). The Balaban J connectivity index is 2.02. The highest BCUT2D eigenvalue weighted by atomic mass is 32.1. The first-order valence-electron chi connectivity index (χ1n) is 7.19. The first-order valence-corrected chi connectivity index (χ1v) is 8.00. The molecule has 0 spiro atoms. The Morgan fingerprint density at radius 1 is 1.45 bits per heavy atom. The molecule has 0 aliphatic heterocycles. The fraction of sp³-hybridized carbons (Fsp3) is 0.438. The molecule has 1 N–H and O–H groups in total. The molecule has 0 bridgehead atoms. The molecule has 2 nitrogen and oxygen atoms in total. The van der Waals surface area contributed by atoms with E-state index in [0.29, 0.717) is 17.2 Å². The number of nitrogens with zero attached hydrogens (tertiary/aromatic N) is 1. The molecule has 4 heteroatoms. The summed E-state index contributed by atoms with van der Waals surface area (Å²) in [5, 5.41) is 4.33. The van der Waals surface area contributed by atoms with Gasteiger partial charge in [-0.3, -0.25) is 0 Å². The summed E-state index contributed by atoms with van der Waals surface area (Å²) in [5.74, 6) is -0.140. The van der Waals surface area contributed by atoms with Crippen molar-refractivity contribution in [2.45, 2.75) is 39.2 Å². The molecule has 0 fully saturated rings. The van der Waals surface area contributed by atoms with Gasteiger partial charge in [-0.15, -0.1) is 11.3 Å². The molecular weight excluding hydrogens is 271 g/mol. The number of benzene rings is 1. The summed E-state index contributed by atoms with van der Waals surface area (Å²) in [6.07, 6.45) is 3.32. The van der Waals surface area contributed by atoms with Gasteiger partial charge in [0, 0.05) is 16.5 Å². The second-order valence-electron chi connectivity index (χ2n) is 5.27. The van der Waals surface area contributed by atoms with E-state index >= 15 is 0 Å². The maximum atomic E-state index is 14.2. The third kappa shape index (κ3) is 2.38. The molecule has 1 aromatic carbocycles. The number of halogens is 1. The van der Waals surface area contributed by atoms with Gasteiger partial charge in [0.05, 0.1) is 5.69 Å². The average molecular weight is 290 g/mol. The summed E-state index contributed by atoms with van der Waals surface area (Å²) in [5.41, 5.74) is 2.47. The molecular formula is C16H19FN2S. The topological polar surface area (TPSA) is 24.9 Å². The first-order chi connectivity index (χ1) is 9.70. The minimum Gasteiger partial charge on any atom is -0.309 e. The third-order valence-electron chi connectivity index (χ3n) is 3.82. The molecule has 1 aliphatic carbocycles. The third-order valence-corrected chi connectivity index (χ3v) is 5.07. The first kappa shape index (κ1) is 13.7. The van der Waals surface area contributed by atoms with Crippen molar-refractivity contribution in [2.75, 3.05) is 6.54 Å². The van der Waals surface area contributed by atoms with E-state index < -0.39 is 0 Å². The highest BCUT2D eigenvalue weighted by Gasteiger charge is 2.25. The molecule has 20 heavy (non-hydrogen) atoms. The van der Waals surface area contributed by atoms with Gasteiger partial charge in [-0.1, -0.05) is 19.1 Å². The van der Waals surface area contributed by atoms with Gasteiger partial charge in [-0.05, 0) is 44.4 Å². The Morgan fingerprint density at radius 3 is 3.10 bits per heavy atom. The number of aryl methyl sites for hydroxylation is 2. The van der Waals surface area contributed by atoms with Crippen LogP contribution in [-0.2, 0) is 6.42 Å². The summed E-state index contributed by atoms with van der Waals surface area (Å²) in [4.78, 5) is 5.99. The number of hydrogen-bond donors (Lipinski definition) is 1. The zero-order valence-electron chi connectivity index (χ0n) is 11.9. The van der Waals surface area contributed by atoms with E-state index in [9.17, 15) is 4.39 Å². The van der Waals surface area contributed by atoms with E-state index in [1.54, 1.807) is 24.3 Å². The van der Waals surface area contributed by atoms with Crippen molar-refractivity contribution < 1.29 is 4.39 Å². The fourth-order valence-electron chi connectivity index (χ4n) is 2.79. The molecule has 1 atom stereocenters. The quantitative estimate of drug-likeness (QED) is 0.914. The predicted molar refractivity (Wildman–Crippen MR) is 81.6 cm³/mol. The van der Waals surface area contributed by atoms with Gasteiger partial charge < -0.3 is 5.32 Å². The number of nitrogens with one attached hydrogen (secondary N) is 1. The minimum atomic E-state index is -0.140. The summed E-state index contributed by atoms with van der Waals surface area (Å²) in [7, 11) is 0. The minimum absolute atomic E-state index is 0.140. The van der Waals surface area contributed by atoms with Crippen LogP contribution in [0.5, 0.6) is 0 Å². The Hall–Kier alpha value is -1.26. The lowest BCUT2D eigenvalue weighted by Crippen LogP contribution is -2.23. The van der Waals surface area contributed by atoms with Crippen LogP contribution in [0.2, 0.25) is 0 Å². The lowest BCUT2D eigenvalue weighted by Gasteiger charge is -2.21. The van der Waals surface area contributed by atoms with Gasteiger partial charge in [0.2, 0.25) is 0 Å². The van der Waals surface area contributed by atoms with Crippen LogP contribution in [0.15, 0.2) is 18.2 Å². The van der Waals surface area contributed by atoms with Crippen LogP contribution in [-0.4, -0.2) is 11.5 Å². The van der Waals surface area contributed by atoms with Gasteiger partial charge >= 0.3 is 0 Å². The largest absolute Gasteiger partial charge is 0.309 e. The van der Waals surface area contributed by atoms with Crippen LogP contribution in [0.1, 0.15) is 41.9 Å². The molecule has 0 amide bonds. The van der Waals surface area contributed by atoms with E-state index in [0.717, 1.165) is 36.5 Å². The van der Waals surface area contributed by atoms with Gasteiger partial charge in [0.25, 0.3) is 0 Å². The van der Waals surface area contributed by atoms with Crippen molar-refractivity contribution in [1.29, 1.82) is 0 Å². The molecule has 1 unspecified atom stereocenters. The summed E-state index contributed by atoms with van der Waals surface area (Å²) in [6.45, 7) is 4.88. The molecule has 0 saturated heterocycles. The Bertz CT molecular complexity index is 621. The lowest BCUT2D eigenvalue weighted by atomic mass is 9.98. The van der Waals surface area contributed by atoms with E-state index in [1.807, 2.05) is 12.1 Å². The SMILES string of the molecule is CCNC1CCCc2nc(-c3cccc(C)c3F)sc21. The summed E-state index contributed by atoms with van der Waals surface area (Å²) in [6, 6.07) is 5.92. The highest BCUT2D eigenvalue weighted by molar-refractivity contribution is 7.15. The maximum Gasteiger partial charge on any atom is 0.136 e. The number of thiazole rings is 1. The second kappa shape index (κ2) is 5.62. The smallest absolute Gasteiger partial charge is 0.136 e. The van der Waals surface area contributed by atoms with Crippen molar-refractivity contribution in [3.05, 3.63) is 40.2 Å². The summed E-state index contributed by atoms with van der Waals surface area (Å²) < 4.78 is 14.2. The Labute approximate surface area is 123 Å². The van der Waals surface area contributed by atoms with Gasteiger partial charge in [-0.25, -0.2) is 9.37 Å². The van der Waals surface area contributed by atoms with Crippen molar-refractivity contribution in [1.82, 2.24) is 10.3 Å². The second-order valence-corrected chi connectivity index (χ2v) is 6.30. The summed E-state index contributed by atoms with van der Waals surface area (Å²) >= 11 is 1.65. The van der Waals surface area contributed by atoms with Crippen LogP contribution >= 0.6 is 11.3 Å². The number of fused-ring (bicyclic) bond motifs is 1. The van der Waals surface area contributed by atoms with Crippen molar-refractivity contribution in [3.8, 4) is 10.6 Å². The van der Waals surface area contributed by atoms with E-state index in [1.165, 1.54) is 4.88 Å². The number of hydrogen-bond acceptors (Lipinski definition) is 3.